The minimum Gasteiger partial charge on any atom is -0.480 e. The topological polar surface area (TPSA) is 86.7 Å². The first kappa shape index (κ1) is 18.4. The Kier molecular flexibility index (Phi) is 4.68. The number of aliphatic carboxylic acids is 1. The largest absolute Gasteiger partial charge is 0.480 e. The summed E-state index contributed by atoms with van der Waals surface area (Å²) in [6, 6.07) is 3.24. The smallest absolute Gasteiger partial charge is 0.327 e. The number of nitrogens with zero attached hydrogens (tertiary/aromatic N) is 1. The van der Waals surface area contributed by atoms with Gasteiger partial charge in [-0.2, -0.15) is 0 Å². The molecule has 1 aromatic carbocycles. The van der Waals surface area contributed by atoms with Crippen LogP contribution in [-0.2, 0) is 20.8 Å². The van der Waals surface area contributed by atoms with Gasteiger partial charge in [0.15, 0.2) is 0 Å². The van der Waals surface area contributed by atoms with Gasteiger partial charge in [-0.25, -0.2) is 4.79 Å². The predicted molar refractivity (Wildman–Crippen MR) is 95.8 cm³/mol. The Bertz CT molecular complexity index is 771. The Labute approximate surface area is 158 Å². The van der Waals surface area contributed by atoms with Crippen LogP contribution in [0.2, 0.25) is 10.0 Å². The highest BCUT2D eigenvalue weighted by molar-refractivity contribution is 8.01. The van der Waals surface area contributed by atoms with Crippen LogP contribution in [0, 0.1) is 0 Å². The van der Waals surface area contributed by atoms with Crippen molar-refractivity contribution in [2.24, 2.45) is 0 Å². The van der Waals surface area contributed by atoms with Gasteiger partial charge in [0.2, 0.25) is 11.8 Å². The van der Waals surface area contributed by atoms with Crippen molar-refractivity contribution in [2.45, 2.75) is 42.5 Å². The number of halogens is 2. The highest BCUT2D eigenvalue weighted by Crippen LogP contribution is 2.50. The number of thioether (sulfide) groups is 1. The Morgan fingerprint density at radius 2 is 2.04 bits per heavy atom. The van der Waals surface area contributed by atoms with Crippen molar-refractivity contribution < 1.29 is 19.5 Å². The number of amides is 2. The van der Waals surface area contributed by atoms with Crippen molar-refractivity contribution >= 4 is 52.7 Å². The van der Waals surface area contributed by atoms with E-state index in [1.807, 2.05) is 0 Å². The predicted octanol–water partition coefficient (Wildman–Crippen LogP) is 2.17. The number of carbonyl (C=O) groups is 3. The van der Waals surface area contributed by atoms with E-state index in [1.54, 1.807) is 32.0 Å². The molecule has 0 aliphatic carbocycles. The maximum absolute atomic E-state index is 12.3. The van der Waals surface area contributed by atoms with Gasteiger partial charge < -0.3 is 15.3 Å². The minimum atomic E-state index is -1.04. The molecule has 3 atom stereocenters. The first-order valence-corrected chi connectivity index (χ1v) is 9.21. The third-order valence-electron chi connectivity index (χ3n) is 4.36. The van der Waals surface area contributed by atoms with Crippen molar-refractivity contribution in [3.63, 3.8) is 0 Å². The summed E-state index contributed by atoms with van der Waals surface area (Å²) in [7, 11) is 0. The first-order valence-electron chi connectivity index (χ1n) is 7.58. The molecule has 2 N–H and O–H groups in total. The maximum Gasteiger partial charge on any atom is 0.327 e. The molecular weight excluding hydrogens is 387 g/mol. The number of carboxylic acids is 1. The summed E-state index contributed by atoms with van der Waals surface area (Å²) in [5.41, 5.74) is 0.606. The van der Waals surface area contributed by atoms with Crippen molar-refractivity contribution in [2.75, 3.05) is 0 Å². The van der Waals surface area contributed by atoms with Gasteiger partial charge in [0.1, 0.15) is 17.5 Å². The van der Waals surface area contributed by atoms with E-state index in [-0.39, 0.29) is 23.6 Å². The summed E-state index contributed by atoms with van der Waals surface area (Å²) in [6.07, 6.45) is 0.0168. The minimum absolute atomic E-state index is 0.0168. The van der Waals surface area contributed by atoms with Gasteiger partial charge in [-0.05, 0) is 31.5 Å². The van der Waals surface area contributed by atoms with Gasteiger partial charge in [-0.15, -0.1) is 11.8 Å². The SMILES string of the molecule is CC1(C)S[C@@H]2[C@H](NC(=O)Cc3ccc(Cl)cc3Cl)C(=O)N2[C@H]1C(=O)O. The van der Waals surface area contributed by atoms with Crippen LogP contribution >= 0.6 is 35.0 Å². The quantitative estimate of drug-likeness (QED) is 0.753. The fourth-order valence-electron chi connectivity index (χ4n) is 3.21. The lowest BCUT2D eigenvalue weighted by Gasteiger charge is -2.43. The second kappa shape index (κ2) is 6.37. The summed E-state index contributed by atoms with van der Waals surface area (Å²) in [6.45, 7) is 3.57. The van der Waals surface area contributed by atoms with E-state index in [9.17, 15) is 19.5 Å². The Hall–Kier alpha value is -1.44. The second-order valence-corrected chi connectivity index (χ2v) is 9.17. The lowest BCUT2D eigenvalue weighted by atomic mass is 9.96. The van der Waals surface area contributed by atoms with Crippen LogP contribution in [0.15, 0.2) is 18.2 Å². The van der Waals surface area contributed by atoms with Crippen LogP contribution < -0.4 is 5.32 Å². The average molecular weight is 403 g/mol. The molecular formula is C16H16Cl2N2O4S. The number of nitrogens with one attached hydrogen (secondary N) is 1. The number of carbonyl (C=O) groups excluding carboxylic acids is 2. The number of rotatable bonds is 4. The molecule has 2 aliphatic heterocycles. The highest BCUT2D eigenvalue weighted by atomic mass is 35.5. The van der Waals surface area contributed by atoms with E-state index in [0.717, 1.165) is 0 Å². The van der Waals surface area contributed by atoms with Gasteiger partial charge in [0.05, 0.1) is 6.42 Å². The zero-order chi connectivity index (χ0) is 18.5. The molecule has 2 saturated heterocycles. The molecule has 134 valence electrons. The van der Waals surface area contributed by atoms with E-state index >= 15 is 0 Å². The molecule has 2 amide bonds. The van der Waals surface area contributed by atoms with Gasteiger partial charge in [0.25, 0.3) is 0 Å². The van der Waals surface area contributed by atoms with E-state index in [1.165, 1.54) is 16.7 Å². The zero-order valence-corrected chi connectivity index (χ0v) is 15.8. The molecule has 0 unspecified atom stereocenters. The van der Waals surface area contributed by atoms with Crippen LogP contribution in [-0.4, -0.2) is 50.0 Å². The second-order valence-electron chi connectivity index (χ2n) is 6.56. The fourth-order valence-corrected chi connectivity index (χ4v) is 5.31. The van der Waals surface area contributed by atoms with Crippen molar-refractivity contribution in [3.05, 3.63) is 33.8 Å². The lowest BCUT2D eigenvalue weighted by molar-refractivity contribution is -0.161. The number of fused-ring (bicyclic) bond motifs is 1. The van der Waals surface area contributed by atoms with Gasteiger partial charge in [-0.1, -0.05) is 29.3 Å². The summed E-state index contributed by atoms with van der Waals surface area (Å²) >= 11 is 13.3. The lowest BCUT2D eigenvalue weighted by Crippen LogP contribution is -2.70. The Morgan fingerprint density at radius 3 is 2.64 bits per heavy atom. The number of benzene rings is 1. The van der Waals surface area contributed by atoms with Crippen molar-refractivity contribution in [3.8, 4) is 0 Å². The first-order chi connectivity index (χ1) is 11.6. The average Bonchev–Trinajstić information content (AvgIpc) is 2.76. The van der Waals surface area contributed by atoms with Crippen LogP contribution in [0.25, 0.3) is 0 Å². The summed E-state index contributed by atoms with van der Waals surface area (Å²) in [5, 5.41) is 12.6. The van der Waals surface area contributed by atoms with Gasteiger partial charge in [-0.3, -0.25) is 9.59 Å². The molecule has 2 heterocycles. The number of hydrogen-bond acceptors (Lipinski definition) is 4. The normalized spacial score (nSPS) is 26.8. The maximum atomic E-state index is 12.3. The van der Waals surface area contributed by atoms with Crippen LogP contribution in [0.3, 0.4) is 0 Å². The van der Waals surface area contributed by atoms with Crippen LogP contribution in [0.1, 0.15) is 19.4 Å². The molecule has 2 aliphatic rings. The van der Waals surface area contributed by atoms with Gasteiger partial charge >= 0.3 is 5.97 Å². The molecule has 0 radical (unpaired) electrons. The number of carboxylic acid groups (broad SMARTS) is 1. The molecule has 0 bridgehead atoms. The molecule has 0 spiro atoms. The molecule has 9 heteroatoms. The van der Waals surface area contributed by atoms with E-state index < -0.39 is 22.8 Å². The van der Waals surface area contributed by atoms with Crippen molar-refractivity contribution in [1.29, 1.82) is 0 Å². The molecule has 3 rings (SSSR count). The number of hydrogen-bond donors (Lipinski definition) is 2. The summed E-state index contributed by atoms with van der Waals surface area (Å²) < 4.78 is -0.620. The summed E-state index contributed by atoms with van der Waals surface area (Å²) in [4.78, 5) is 37.4. The molecule has 1 aromatic rings. The van der Waals surface area contributed by atoms with Crippen LogP contribution in [0.5, 0.6) is 0 Å². The number of β-lactam (4-membered cyclic amide) rings is 1. The van der Waals surface area contributed by atoms with E-state index in [4.69, 9.17) is 23.2 Å². The third-order valence-corrected chi connectivity index (χ3v) is 6.52. The molecule has 6 nitrogen and oxygen atoms in total. The monoisotopic (exact) mass is 402 g/mol. The molecule has 0 aromatic heterocycles. The highest BCUT2D eigenvalue weighted by Gasteiger charge is 2.64. The van der Waals surface area contributed by atoms with Crippen LogP contribution in [0.4, 0.5) is 0 Å². The fraction of sp³-hybridized carbons (Fsp3) is 0.438. The zero-order valence-electron chi connectivity index (χ0n) is 13.5. The van der Waals surface area contributed by atoms with E-state index in [2.05, 4.69) is 5.32 Å². The third kappa shape index (κ3) is 3.20. The van der Waals surface area contributed by atoms with Gasteiger partial charge in [0, 0.05) is 14.8 Å². The van der Waals surface area contributed by atoms with E-state index in [0.29, 0.717) is 15.6 Å². The Balaban J connectivity index is 1.68. The summed E-state index contributed by atoms with van der Waals surface area (Å²) in [5.74, 6) is -1.75. The molecule has 25 heavy (non-hydrogen) atoms. The molecule has 2 fully saturated rings. The van der Waals surface area contributed by atoms with Crippen molar-refractivity contribution in [1.82, 2.24) is 10.2 Å². The standard InChI is InChI=1S/C16H16Cl2N2O4S/c1-16(2)12(15(23)24)20-13(22)11(14(20)25-16)19-10(21)5-7-3-4-8(17)6-9(7)18/h3-4,6,11-12,14H,5H2,1-2H3,(H,19,21)(H,23,24)/t11-,12+,14-/m1/s1. The molecule has 0 saturated carbocycles. The Morgan fingerprint density at radius 1 is 1.36 bits per heavy atom.